The third-order valence-electron chi connectivity index (χ3n) is 1.40. The fourth-order valence-corrected chi connectivity index (χ4v) is 0.826. The van der Waals surface area contributed by atoms with Gasteiger partial charge < -0.3 is 5.73 Å². The highest BCUT2D eigenvalue weighted by Gasteiger charge is 1.96. The molecule has 64 valence electrons. The first-order valence-corrected chi connectivity index (χ1v) is 3.65. The average molecular weight is 174 g/mol. The Morgan fingerprint density at radius 2 is 2.23 bits per heavy atom. The molecule has 0 saturated heterocycles. The van der Waals surface area contributed by atoms with Gasteiger partial charge in [0, 0.05) is 5.56 Å². The second kappa shape index (κ2) is 4.13. The quantitative estimate of drug-likeness (QED) is 0.480. The third kappa shape index (κ3) is 2.50. The summed E-state index contributed by atoms with van der Waals surface area (Å²) in [7, 11) is 0. The van der Waals surface area contributed by atoms with Crippen molar-refractivity contribution in [2.24, 2.45) is 0 Å². The first-order chi connectivity index (χ1) is 6.24. The first kappa shape index (κ1) is 9.09. The van der Waals surface area contributed by atoms with Crippen LogP contribution in [0.1, 0.15) is 12.0 Å². The molecule has 13 heavy (non-hydrogen) atoms. The topological polar surface area (TPSA) is 49.8 Å². The molecular weight excluding hydrogens is 167 g/mol. The molecule has 0 amide bonds. The van der Waals surface area contributed by atoms with Gasteiger partial charge in [-0.1, -0.05) is 11.8 Å². The lowest BCUT2D eigenvalue weighted by Gasteiger charge is -1.96. The molecular formula is C10H7FN2. The van der Waals surface area contributed by atoms with Crippen LogP contribution in [0.4, 0.5) is 10.1 Å². The summed E-state index contributed by atoms with van der Waals surface area (Å²) in [5.74, 6) is 4.89. The molecule has 0 aromatic heterocycles. The SMILES string of the molecule is N#CCC#Cc1ccc(F)cc1N. The van der Waals surface area contributed by atoms with E-state index in [-0.39, 0.29) is 12.2 Å². The predicted molar refractivity (Wildman–Crippen MR) is 47.9 cm³/mol. The van der Waals surface area contributed by atoms with Crippen LogP contribution >= 0.6 is 0 Å². The zero-order valence-corrected chi connectivity index (χ0v) is 6.84. The zero-order chi connectivity index (χ0) is 9.68. The van der Waals surface area contributed by atoms with Crippen molar-refractivity contribution in [3.05, 3.63) is 29.6 Å². The number of halogens is 1. The zero-order valence-electron chi connectivity index (χ0n) is 6.84. The molecule has 0 unspecified atom stereocenters. The third-order valence-corrected chi connectivity index (χ3v) is 1.40. The van der Waals surface area contributed by atoms with E-state index >= 15 is 0 Å². The van der Waals surface area contributed by atoms with E-state index in [0.29, 0.717) is 11.3 Å². The highest BCUT2D eigenvalue weighted by molar-refractivity contribution is 5.55. The maximum Gasteiger partial charge on any atom is 0.125 e. The molecule has 0 spiro atoms. The highest BCUT2D eigenvalue weighted by atomic mass is 19.1. The normalized spacial score (nSPS) is 8.31. The monoisotopic (exact) mass is 174 g/mol. The van der Waals surface area contributed by atoms with E-state index in [1.807, 2.05) is 6.07 Å². The molecule has 0 aliphatic carbocycles. The summed E-state index contributed by atoms with van der Waals surface area (Å²) >= 11 is 0. The second-order valence-corrected chi connectivity index (χ2v) is 2.37. The Kier molecular flexibility index (Phi) is 2.89. The minimum Gasteiger partial charge on any atom is -0.398 e. The number of anilines is 1. The van der Waals surface area contributed by atoms with E-state index in [9.17, 15) is 4.39 Å². The number of rotatable bonds is 0. The van der Waals surface area contributed by atoms with Crippen LogP contribution < -0.4 is 5.73 Å². The molecule has 0 saturated carbocycles. The Morgan fingerprint density at radius 1 is 1.46 bits per heavy atom. The van der Waals surface area contributed by atoms with Gasteiger partial charge in [0.15, 0.2) is 0 Å². The largest absolute Gasteiger partial charge is 0.398 e. The van der Waals surface area contributed by atoms with Gasteiger partial charge in [-0.05, 0) is 18.2 Å². The fraction of sp³-hybridized carbons (Fsp3) is 0.100. The molecule has 0 bridgehead atoms. The summed E-state index contributed by atoms with van der Waals surface area (Å²) in [5, 5.41) is 8.21. The molecule has 0 atom stereocenters. The first-order valence-electron chi connectivity index (χ1n) is 3.65. The predicted octanol–water partition coefficient (Wildman–Crippen LogP) is 1.67. The van der Waals surface area contributed by atoms with E-state index in [0.717, 1.165) is 0 Å². The Balaban J connectivity index is 2.93. The van der Waals surface area contributed by atoms with E-state index in [4.69, 9.17) is 11.0 Å². The van der Waals surface area contributed by atoms with Crippen molar-refractivity contribution < 1.29 is 4.39 Å². The van der Waals surface area contributed by atoms with Gasteiger partial charge in [-0.15, -0.1) is 0 Å². The number of nitrogen functional groups attached to an aromatic ring is 1. The van der Waals surface area contributed by atoms with E-state index in [1.54, 1.807) is 0 Å². The van der Waals surface area contributed by atoms with Crippen LogP contribution in [0.25, 0.3) is 0 Å². The number of nitrogens with zero attached hydrogens (tertiary/aromatic N) is 1. The van der Waals surface area contributed by atoms with Gasteiger partial charge in [0.1, 0.15) is 5.82 Å². The Hall–Kier alpha value is -2.00. The second-order valence-electron chi connectivity index (χ2n) is 2.37. The van der Waals surface area contributed by atoms with Crippen molar-refractivity contribution in [2.75, 3.05) is 5.73 Å². The highest BCUT2D eigenvalue weighted by Crippen LogP contribution is 2.11. The summed E-state index contributed by atoms with van der Waals surface area (Å²) in [6, 6.07) is 5.86. The molecule has 2 nitrogen and oxygen atoms in total. The molecule has 2 N–H and O–H groups in total. The maximum atomic E-state index is 12.6. The Labute approximate surface area is 75.8 Å². The van der Waals surface area contributed by atoms with Gasteiger partial charge >= 0.3 is 0 Å². The van der Waals surface area contributed by atoms with Crippen molar-refractivity contribution >= 4 is 5.69 Å². The van der Waals surface area contributed by atoms with Gasteiger partial charge in [0.25, 0.3) is 0 Å². The van der Waals surface area contributed by atoms with Crippen LogP contribution in [0.2, 0.25) is 0 Å². The molecule has 0 aliphatic heterocycles. The van der Waals surface area contributed by atoms with E-state index in [1.165, 1.54) is 18.2 Å². The van der Waals surface area contributed by atoms with E-state index < -0.39 is 0 Å². The maximum absolute atomic E-state index is 12.6. The molecule has 0 radical (unpaired) electrons. The van der Waals surface area contributed by atoms with Crippen LogP contribution in [-0.2, 0) is 0 Å². The van der Waals surface area contributed by atoms with Crippen molar-refractivity contribution in [1.29, 1.82) is 5.26 Å². The van der Waals surface area contributed by atoms with Crippen molar-refractivity contribution in [3.8, 4) is 17.9 Å². The van der Waals surface area contributed by atoms with Gasteiger partial charge in [0.2, 0.25) is 0 Å². The number of nitrogens with two attached hydrogens (primary N) is 1. The van der Waals surface area contributed by atoms with Crippen molar-refractivity contribution in [3.63, 3.8) is 0 Å². The molecule has 0 fully saturated rings. The molecule has 0 heterocycles. The smallest absolute Gasteiger partial charge is 0.125 e. The number of hydrogen-bond donors (Lipinski definition) is 1. The number of hydrogen-bond acceptors (Lipinski definition) is 2. The molecule has 1 rings (SSSR count). The molecule has 0 aliphatic rings. The number of nitriles is 1. The van der Waals surface area contributed by atoms with Crippen molar-refractivity contribution in [1.82, 2.24) is 0 Å². The number of benzene rings is 1. The molecule has 3 heteroatoms. The summed E-state index contributed by atoms with van der Waals surface area (Å²) in [5.41, 5.74) is 6.33. The Morgan fingerprint density at radius 3 is 2.85 bits per heavy atom. The Bertz CT molecular complexity index is 407. The summed E-state index contributed by atoms with van der Waals surface area (Å²) in [4.78, 5) is 0. The van der Waals surface area contributed by atoms with E-state index in [2.05, 4.69) is 11.8 Å². The molecule has 1 aromatic carbocycles. The standard InChI is InChI=1S/C10H7FN2/c11-9-5-4-8(10(13)7-9)3-1-2-6-12/h4-5,7H,2,13H2. The lowest BCUT2D eigenvalue weighted by Crippen LogP contribution is -1.90. The summed E-state index contributed by atoms with van der Waals surface area (Å²) in [6.07, 6.45) is 0.150. The molecule has 1 aromatic rings. The van der Waals surface area contributed by atoms with Gasteiger partial charge in [-0.25, -0.2) is 4.39 Å². The minimum atomic E-state index is -0.386. The van der Waals surface area contributed by atoms with Gasteiger partial charge in [-0.2, -0.15) is 5.26 Å². The van der Waals surface area contributed by atoms with Gasteiger partial charge in [-0.3, -0.25) is 0 Å². The average Bonchev–Trinajstić information content (AvgIpc) is 2.09. The van der Waals surface area contributed by atoms with Crippen molar-refractivity contribution in [2.45, 2.75) is 6.42 Å². The van der Waals surface area contributed by atoms with Crippen LogP contribution in [0, 0.1) is 29.0 Å². The summed E-state index contributed by atoms with van der Waals surface area (Å²) < 4.78 is 12.6. The van der Waals surface area contributed by atoms with Crippen LogP contribution in [-0.4, -0.2) is 0 Å². The van der Waals surface area contributed by atoms with Crippen LogP contribution in [0.5, 0.6) is 0 Å². The fourth-order valence-electron chi connectivity index (χ4n) is 0.826. The summed E-state index contributed by atoms with van der Waals surface area (Å²) in [6.45, 7) is 0. The van der Waals surface area contributed by atoms with Gasteiger partial charge in [0.05, 0.1) is 18.2 Å². The lowest BCUT2D eigenvalue weighted by atomic mass is 10.2. The lowest BCUT2D eigenvalue weighted by molar-refractivity contribution is 0.628. The minimum absolute atomic E-state index is 0.150. The van der Waals surface area contributed by atoms with Crippen LogP contribution in [0.3, 0.4) is 0 Å². The van der Waals surface area contributed by atoms with Crippen LogP contribution in [0.15, 0.2) is 18.2 Å².